The fourth-order valence-corrected chi connectivity index (χ4v) is 1.76. The van der Waals surface area contributed by atoms with Crippen LogP contribution in [0.3, 0.4) is 0 Å². The minimum atomic E-state index is -0.580. The summed E-state index contributed by atoms with van der Waals surface area (Å²) < 4.78 is 11.0. The van der Waals surface area contributed by atoms with Gasteiger partial charge in [-0.15, -0.1) is 24.8 Å². The van der Waals surface area contributed by atoms with Crippen molar-refractivity contribution in [1.82, 2.24) is 4.98 Å². The molecule has 3 N–H and O–H groups in total. The van der Waals surface area contributed by atoms with Crippen molar-refractivity contribution in [1.29, 1.82) is 0 Å². The molecule has 1 aromatic heterocycles. The van der Waals surface area contributed by atoms with Gasteiger partial charge in [-0.25, -0.2) is 0 Å². The molecule has 132 valence electrons. The minimum Gasteiger partial charge on any atom is -0.493 e. The van der Waals surface area contributed by atoms with Gasteiger partial charge in [-0.1, -0.05) is 0 Å². The molecule has 1 amide bonds. The number of nitrogens with two attached hydrogens (primary N) is 1. The molecule has 0 bridgehead atoms. The molecular weight excluding hydrogens is 353 g/mol. The predicted octanol–water partition coefficient (Wildman–Crippen LogP) is 2.80. The van der Waals surface area contributed by atoms with E-state index < -0.39 is 6.04 Å². The monoisotopic (exact) mass is 373 g/mol. The van der Waals surface area contributed by atoms with Crippen molar-refractivity contribution < 1.29 is 14.3 Å². The molecule has 2 aromatic rings. The van der Waals surface area contributed by atoms with Gasteiger partial charge in [-0.3, -0.25) is 9.78 Å². The van der Waals surface area contributed by atoms with E-state index >= 15 is 0 Å². The molecule has 0 aliphatic carbocycles. The summed E-state index contributed by atoms with van der Waals surface area (Å²) >= 11 is 0. The summed E-state index contributed by atoms with van der Waals surface area (Å²) in [5.41, 5.74) is 7.13. The third-order valence-corrected chi connectivity index (χ3v) is 2.99. The Morgan fingerprint density at radius 3 is 2.46 bits per heavy atom. The summed E-state index contributed by atoms with van der Waals surface area (Å²) in [5, 5.41) is 2.72. The van der Waals surface area contributed by atoms with E-state index in [4.69, 9.17) is 15.2 Å². The van der Waals surface area contributed by atoms with Crippen molar-refractivity contribution in [2.75, 3.05) is 12.4 Å². The average molecular weight is 374 g/mol. The van der Waals surface area contributed by atoms with Crippen molar-refractivity contribution in [3.63, 3.8) is 0 Å². The molecule has 1 aromatic carbocycles. The Hall–Kier alpha value is -2.02. The molecule has 0 aliphatic heterocycles. The molecule has 24 heavy (non-hydrogen) atoms. The number of anilines is 1. The van der Waals surface area contributed by atoms with Gasteiger partial charge in [0.25, 0.3) is 0 Å². The van der Waals surface area contributed by atoms with E-state index in [0.29, 0.717) is 23.8 Å². The van der Waals surface area contributed by atoms with Crippen LogP contribution >= 0.6 is 24.8 Å². The number of hydrogen-bond donors (Lipinski definition) is 2. The number of rotatable bonds is 6. The second-order valence-electron chi connectivity index (χ2n) is 4.79. The third kappa shape index (κ3) is 6.23. The van der Waals surface area contributed by atoms with Gasteiger partial charge in [0.2, 0.25) is 5.91 Å². The summed E-state index contributed by atoms with van der Waals surface area (Å²) in [6.07, 6.45) is 3.41. The first kappa shape index (κ1) is 22.0. The fourth-order valence-electron chi connectivity index (χ4n) is 1.76. The summed E-state index contributed by atoms with van der Waals surface area (Å²) in [6.45, 7) is 2.00. The number of ether oxygens (including phenoxy) is 2. The highest BCUT2D eigenvalue weighted by Crippen LogP contribution is 2.30. The van der Waals surface area contributed by atoms with E-state index in [0.717, 1.165) is 5.56 Å². The van der Waals surface area contributed by atoms with Crippen LogP contribution in [0.4, 0.5) is 5.69 Å². The number of methoxy groups -OCH3 is 1. The van der Waals surface area contributed by atoms with E-state index in [1.807, 2.05) is 12.1 Å². The quantitative estimate of drug-likeness (QED) is 0.812. The zero-order chi connectivity index (χ0) is 15.9. The van der Waals surface area contributed by atoms with Crippen LogP contribution in [-0.4, -0.2) is 24.0 Å². The normalized spacial score (nSPS) is 10.6. The first-order valence-corrected chi connectivity index (χ1v) is 6.86. The Balaban J connectivity index is 0.00000264. The van der Waals surface area contributed by atoms with E-state index in [-0.39, 0.29) is 30.7 Å². The Kier molecular flexibility index (Phi) is 9.80. The van der Waals surface area contributed by atoms with Crippen molar-refractivity contribution in [3.05, 3.63) is 48.3 Å². The van der Waals surface area contributed by atoms with Crippen LogP contribution in [0.2, 0.25) is 0 Å². The van der Waals surface area contributed by atoms with Crippen molar-refractivity contribution >= 4 is 36.4 Å². The van der Waals surface area contributed by atoms with E-state index in [1.165, 1.54) is 0 Å². The van der Waals surface area contributed by atoms with E-state index in [1.54, 1.807) is 44.6 Å². The highest BCUT2D eigenvalue weighted by atomic mass is 35.5. The lowest BCUT2D eigenvalue weighted by Gasteiger charge is -2.13. The molecule has 0 unspecified atom stereocenters. The zero-order valence-electron chi connectivity index (χ0n) is 13.4. The van der Waals surface area contributed by atoms with Gasteiger partial charge in [0.15, 0.2) is 11.5 Å². The van der Waals surface area contributed by atoms with Gasteiger partial charge in [-0.05, 0) is 36.8 Å². The van der Waals surface area contributed by atoms with E-state index in [2.05, 4.69) is 10.3 Å². The van der Waals surface area contributed by atoms with Crippen molar-refractivity contribution in [2.45, 2.75) is 19.6 Å². The summed E-state index contributed by atoms with van der Waals surface area (Å²) in [7, 11) is 1.56. The number of benzene rings is 1. The van der Waals surface area contributed by atoms with Crippen LogP contribution in [-0.2, 0) is 11.4 Å². The molecule has 1 heterocycles. The van der Waals surface area contributed by atoms with Crippen LogP contribution in [0.25, 0.3) is 0 Å². The minimum absolute atomic E-state index is 0. The van der Waals surface area contributed by atoms with Crippen LogP contribution in [0, 0.1) is 0 Å². The van der Waals surface area contributed by atoms with Gasteiger partial charge < -0.3 is 20.5 Å². The largest absolute Gasteiger partial charge is 0.493 e. The van der Waals surface area contributed by atoms with Gasteiger partial charge in [0.05, 0.1) is 13.2 Å². The second kappa shape index (κ2) is 10.7. The molecule has 0 saturated carbocycles. The fraction of sp³-hybridized carbons (Fsp3) is 0.250. The number of halogens is 2. The summed E-state index contributed by atoms with van der Waals surface area (Å²) in [4.78, 5) is 15.6. The molecule has 0 saturated heterocycles. The topological polar surface area (TPSA) is 86.5 Å². The summed E-state index contributed by atoms with van der Waals surface area (Å²) in [6, 6.07) is 8.34. The lowest BCUT2D eigenvalue weighted by atomic mass is 10.2. The Labute approximate surface area is 153 Å². The number of amides is 1. The predicted molar refractivity (Wildman–Crippen MR) is 98.3 cm³/mol. The summed E-state index contributed by atoms with van der Waals surface area (Å²) in [5.74, 6) is 0.875. The van der Waals surface area contributed by atoms with E-state index in [9.17, 15) is 4.79 Å². The van der Waals surface area contributed by atoms with Gasteiger partial charge in [0.1, 0.15) is 6.61 Å². The van der Waals surface area contributed by atoms with Crippen molar-refractivity contribution in [2.24, 2.45) is 5.73 Å². The average Bonchev–Trinajstić information content (AvgIpc) is 2.54. The Morgan fingerprint density at radius 1 is 1.21 bits per heavy atom. The molecule has 8 heteroatoms. The number of nitrogens with one attached hydrogen (secondary N) is 1. The van der Waals surface area contributed by atoms with Crippen LogP contribution < -0.4 is 20.5 Å². The van der Waals surface area contributed by atoms with Gasteiger partial charge in [0, 0.05) is 24.1 Å². The molecule has 0 spiro atoms. The lowest BCUT2D eigenvalue weighted by Crippen LogP contribution is -2.32. The molecule has 0 radical (unpaired) electrons. The number of carbonyl (C=O) groups is 1. The molecule has 0 aliphatic rings. The SMILES string of the molecule is COc1ccc(NC(=O)[C@@H](C)N)cc1OCc1ccncc1.Cl.Cl. The first-order chi connectivity index (χ1) is 10.6. The smallest absolute Gasteiger partial charge is 0.241 e. The van der Waals surface area contributed by atoms with Crippen LogP contribution in [0.15, 0.2) is 42.7 Å². The number of pyridine rings is 1. The molecule has 2 rings (SSSR count). The Morgan fingerprint density at radius 2 is 1.88 bits per heavy atom. The second-order valence-corrected chi connectivity index (χ2v) is 4.79. The number of carbonyl (C=O) groups excluding carboxylic acids is 1. The molecule has 6 nitrogen and oxygen atoms in total. The Bertz CT molecular complexity index is 640. The maximum Gasteiger partial charge on any atom is 0.241 e. The molecular formula is C16H21Cl2N3O3. The van der Waals surface area contributed by atoms with Crippen LogP contribution in [0.5, 0.6) is 11.5 Å². The molecule has 1 atom stereocenters. The number of aromatic nitrogens is 1. The standard InChI is InChI=1S/C16H19N3O3.2ClH/c1-11(17)16(20)19-13-3-4-14(21-2)15(9-13)22-10-12-5-7-18-8-6-12;;/h3-9,11H,10,17H2,1-2H3,(H,19,20);2*1H/t11-;;/m1../s1. The lowest BCUT2D eigenvalue weighted by molar-refractivity contribution is -0.117. The zero-order valence-corrected chi connectivity index (χ0v) is 15.0. The van der Waals surface area contributed by atoms with Crippen LogP contribution in [0.1, 0.15) is 12.5 Å². The maximum absolute atomic E-state index is 11.6. The first-order valence-electron chi connectivity index (χ1n) is 6.86. The third-order valence-electron chi connectivity index (χ3n) is 2.99. The highest BCUT2D eigenvalue weighted by molar-refractivity contribution is 5.94. The number of hydrogen-bond acceptors (Lipinski definition) is 5. The van der Waals surface area contributed by atoms with Crippen molar-refractivity contribution in [3.8, 4) is 11.5 Å². The highest BCUT2D eigenvalue weighted by Gasteiger charge is 2.11. The number of nitrogens with zero attached hydrogens (tertiary/aromatic N) is 1. The van der Waals surface area contributed by atoms with Gasteiger partial charge in [-0.2, -0.15) is 0 Å². The molecule has 0 fully saturated rings. The maximum atomic E-state index is 11.6. The van der Waals surface area contributed by atoms with Gasteiger partial charge >= 0.3 is 0 Å².